The van der Waals surface area contributed by atoms with Crippen molar-refractivity contribution in [3.05, 3.63) is 23.8 Å². The van der Waals surface area contributed by atoms with Crippen LogP contribution in [-0.2, 0) is 4.74 Å². The molecule has 2 fully saturated rings. The van der Waals surface area contributed by atoms with Gasteiger partial charge in [-0.2, -0.15) is 0 Å². The zero-order valence-corrected chi connectivity index (χ0v) is 13.2. The van der Waals surface area contributed by atoms with Gasteiger partial charge in [-0.1, -0.05) is 0 Å². The predicted octanol–water partition coefficient (Wildman–Crippen LogP) is -0.470. The Morgan fingerprint density at radius 1 is 1.32 bits per heavy atom. The normalized spacial score (nSPS) is 27.0. The number of carbonyl (C=O) groups excluding carboxylic acids is 1. The molecule has 0 bridgehead atoms. The second-order valence-corrected chi connectivity index (χ2v) is 6.05. The van der Waals surface area contributed by atoms with E-state index < -0.39 is 0 Å². The maximum atomic E-state index is 12.4. The number of likely N-dealkylation sites (N-methyl/N-ethyl adjacent to an activating group) is 1. The Morgan fingerprint density at radius 3 is 2.82 bits per heavy atom. The van der Waals surface area contributed by atoms with Crippen molar-refractivity contribution in [3.63, 3.8) is 0 Å². The lowest BCUT2D eigenvalue weighted by Gasteiger charge is -2.38. The standard InChI is InChI=1S/C15H23N5O2/c1-11-12(7-16-10-17-11)15(21)18-13-8-22-9-14(13)20-5-3-19(2)4-6-20/h7,10,13-14H,3-6,8-9H2,1-2H3,(H,18,21)/t13-,14-/m0/s1. The van der Waals surface area contributed by atoms with Crippen LogP contribution in [0.15, 0.2) is 12.5 Å². The van der Waals surface area contributed by atoms with Gasteiger partial charge in [-0.25, -0.2) is 9.97 Å². The van der Waals surface area contributed by atoms with Crippen LogP contribution in [-0.4, -0.2) is 84.2 Å². The van der Waals surface area contributed by atoms with Crippen LogP contribution in [0.4, 0.5) is 0 Å². The van der Waals surface area contributed by atoms with Crippen molar-refractivity contribution in [1.29, 1.82) is 0 Å². The number of nitrogens with zero attached hydrogens (tertiary/aromatic N) is 4. The van der Waals surface area contributed by atoms with E-state index >= 15 is 0 Å². The summed E-state index contributed by atoms with van der Waals surface area (Å²) in [6, 6.07) is 0.276. The van der Waals surface area contributed by atoms with Crippen molar-refractivity contribution in [1.82, 2.24) is 25.1 Å². The summed E-state index contributed by atoms with van der Waals surface area (Å²) < 4.78 is 5.62. The van der Waals surface area contributed by atoms with Gasteiger partial charge >= 0.3 is 0 Å². The van der Waals surface area contributed by atoms with Crippen LogP contribution in [0.5, 0.6) is 0 Å². The average Bonchev–Trinajstić information content (AvgIpc) is 2.96. The van der Waals surface area contributed by atoms with Gasteiger partial charge in [0.1, 0.15) is 6.33 Å². The molecule has 0 unspecified atom stereocenters. The molecule has 7 heteroatoms. The van der Waals surface area contributed by atoms with E-state index in [1.165, 1.54) is 6.33 Å². The molecular weight excluding hydrogens is 282 g/mol. The van der Waals surface area contributed by atoms with Crippen LogP contribution in [0.2, 0.25) is 0 Å². The Labute approximate surface area is 130 Å². The van der Waals surface area contributed by atoms with Crippen LogP contribution in [0.25, 0.3) is 0 Å². The average molecular weight is 305 g/mol. The van der Waals surface area contributed by atoms with Crippen molar-refractivity contribution in [2.75, 3.05) is 46.4 Å². The molecule has 0 saturated carbocycles. The molecule has 0 aromatic carbocycles. The van der Waals surface area contributed by atoms with E-state index in [-0.39, 0.29) is 18.0 Å². The van der Waals surface area contributed by atoms with E-state index in [0.717, 1.165) is 26.2 Å². The molecule has 1 amide bonds. The summed E-state index contributed by atoms with van der Waals surface area (Å²) in [5.74, 6) is -0.118. The number of rotatable bonds is 3. The summed E-state index contributed by atoms with van der Waals surface area (Å²) in [4.78, 5) is 25.2. The molecular formula is C15H23N5O2. The molecule has 2 aliphatic rings. The fraction of sp³-hybridized carbons (Fsp3) is 0.667. The third-order valence-corrected chi connectivity index (χ3v) is 4.53. The number of carbonyl (C=O) groups is 1. The van der Waals surface area contributed by atoms with Gasteiger partial charge in [0.2, 0.25) is 0 Å². The number of piperazine rings is 1. The van der Waals surface area contributed by atoms with E-state index in [0.29, 0.717) is 24.5 Å². The van der Waals surface area contributed by atoms with E-state index in [4.69, 9.17) is 4.74 Å². The SMILES string of the molecule is Cc1ncncc1C(=O)N[C@H]1COC[C@@H]1N1CCN(C)CC1. The summed E-state index contributed by atoms with van der Waals surface area (Å²) in [5.41, 5.74) is 1.23. The van der Waals surface area contributed by atoms with Gasteiger partial charge in [0.05, 0.1) is 36.6 Å². The number of hydrogen-bond acceptors (Lipinski definition) is 6. The van der Waals surface area contributed by atoms with E-state index in [2.05, 4.69) is 32.1 Å². The zero-order chi connectivity index (χ0) is 15.5. The third-order valence-electron chi connectivity index (χ3n) is 4.53. The first-order valence-electron chi connectivity index (χ1n) is 7.73. The lowest BCUT2D eigenvalue weighted by molar-refractivity contribution is 0.0828. The maximum absolute atomic E-state index is 12.4. The van der Waals surface area contributed by atoms with Gasteiger partial charge in [-0.05, 0) is 14.0 Å². The van der Waals surface area contributed by atoms with E-state index in [1.807, 2.05) is 6.92 Å². The van der Waals surface area contributed by atoms with Crippen molar-refractivity contribution in [3.8, 4) is 0 Å². The molecule has 22 heavy (non-hydrogen) atoms. The number of ether oxygens (including phenoxy) is 1. The van der Waals surface area contributed by atoms with E-state index in [1.54, 1.807) is 6.20 Å². The summed E-state index contributed by atoms with van der Waals surface area (Å²) in [6.07, 6.45) is 3.02. The topological polar surface area (TPSA) is 70.6 Å². The number of nitrogens with one attached hydrogen (secondary N) is 1. The molecule has 120 valence electrons. The Hall–Kier alpha value is -1.57. The molecule has 3 rings (SSSR count). The molecule has 0 aliphatic carbocycles. The van der Waals surface area contributed by atoms with Crippen LogP contribution >= 0.6 is 0 Å². The van der Waals surface area contributed by atoms with Gasteiger partial charge in [-0.15, -0.1) is 0 Å². The lowest BCUT2D eigenvalue weighted by atomic mass is 10.1. The molecule has 2 atom stereocenters. The second kappa shape index (κ2) is 6.68. The summed E-state index contributed by atoms with van der Waals surface area (Å²) in [6.45, 7) is 7.22. The highest BCUT2D eigenvalue weighted by atomic mass is 16.5. The Balaban J connectivity index is 1.64. The Kier molecular flexibility index (Phi) is 4.66. The fourth-order valence-electron chi connectivity index (χ4n) is 3.05. The predicted molar refractivity (Wildman–Crippen MR) is 81.7 cm³/mol. The highest BCUT2D eigenvalue weighted by Gasteiger charge is 2.35. The Morgan fingerprint density at radius 2 is 2.09 bits per heavy atom. The molecule has 2 aliphatic heterocycles. The zero-order valence-electron chi connectivity index (χ0n) is 13.2. The number of aromatic nitrogens is 2. The quantitative estimate of drug-likeness (QED) is 0.814. The van der Waals surface area contributed by atoms with Crippen molar-refractivity contribution in [2.45, 2.75) is 19.0 Å². The van der Waals surface area contributed by atoms with Crippen molar-refractivity contribution in [2.24, 2.45) is 0 Å². The minimum atomic E-state index is -0.118. The minimum Gasteiger partial charge on any atom is -0.378 e. The van der Waals surface area contributed by atoms with E-state index in [9.17, 15) is 4.79 Å². The first-order valence-corrected chi connectivity index (χ1v) is 7.73. The minimum absolute atomic E-state index is 0.0236. The largest absolute Gasteiger partial charge is 0.378 e. The van der Waals surface area contributed by atoms with Gasteiger partial charge in [0.15, 0.2) is 0 Å². The second-order valence-electron chi connectivity index (χ2n) is 6.05. The Bertz CT molecular complexity index is 530. The van der Waals surface area contributed by atoms with Gasteiger partial charge in [0.25, 0.3) is 5.91 Å². The highest BCUT2D eigenvalue weighted by Crippen LogP contribution is 2.16. The van der Waals surface area contributed by atoms with Crippen molar-refractivity contribution < 1.29 is 9.53 Å². The first kappa shape index (κ1) is 15.3. The lowest BCUT2D eigenvalue weighted by Crippen LogP contribution is -2.56. The molecule has 1 aromatic heterocycles. The molecule has 0 spiro atoms. The fourth-order valence-corrected chi connectivity index (χ4v) is 3.05. The van der Waals surface area contributed by atoms with Crippen LogP contribution in [0, 0.1) is 6.92 Å². The molecule has 1 aromatic rings. The molecule has 7 nitrogen and oxygen atoms in total. The number of aryl methyl sites for hydroxylation is 1. The summed E-state index contributed by atoms with van der Waals surface area (Å²) in [7, 11) is 2.14. The van der Waals surface area contributed by atoms with Gasteiger partial charge in [-0.3, -0.25) is 9.69 Å². The summed E-state index contributed by atoms with van der Waals surface area (Å²) >= 11 is 0. The highest BCUT2D eigenvalue weighted by molar-refractivity contribution is 5.95. The monoisotopic (exact) mass is 305 g/mol. The van der Waals surface area contributed by atoms with Gasteiger partial charge in [0, 0.05) is 32.4 Å². The molecule has 0 radical (unpaired) electrons. The molecule has 2 saturated heterocycles. The maximum Gasteiger partial charge on any atom is 0.255 e. The van der Waals surface area contributed by atoms with Crippen LogP contribution < -0.4 is 5.32 Å². The van der Waals surface area contributed by atoms with Crippen molar-refractivity contribution >= 4 is 5.91 Å². The third kappa shape index (κ3) is 3.26. The summed E-state index contributed by atoms with van der Waals surface area (Å²) in [5, 5.41) is 3.10. The molecule has 1 N–H and O–H groups in total. The number of amides is 1. The smallest absolute Gasteiger partial charge is 0.255 e. The number of hydrogen-bond donors (Lipinski definition) is 1. The first-order chi connectivity index (χ1) is 10.6. The van der Waals surface area contributed by atoms with Crippen LogP contribution in [0.3, 0.4) is 0 Å². The molecule has 3 heterocycles. The van der Waals surface area contributed by atoms with Gasteiger partial charge < -0.3 is 15.0 Å². The van der Waals surface area contributed by atoms with Crippen LogP contribution in [0.1, 0.15) is 16.1 Å².